The molecule has 0 spiro atoms. The summed E-state index contributed by atoms with van der Waals surface area (Å²) >= 11 is 0. The molecule has 2 aromatic rings. The van der Waals surface area contributed by atoms with Crippen LogP contribution in [0.3, 0.4) is 0 Å². The number of benzene rings is 1. The number of halogens is 1. The fourth-order valence-corrected chi connectivity index (χ4v) is 2.44. The quantitative estimate of drug-likeness (QED) is 0.901. The minimum atomic E-state index is -1.35. The Labute approximate surface area is 113 Å². The molecule has 6 heteroatoms. The maximum atomic E-state index is 14.2. The largest absolute Gasteiger partial charge is 0.494 e. The molecule has 1 saturated carbocycles. The Balaban J connectivity index is 2.39. The van der Waals surface area contributed by atoms with Crippen molar-refractivity contribution in [3.8, 4) is 5.75 Å². The molecule has 1 fully saturated rings. The van der Waals surface area contributed by atoms with E-state index in [9.17, 15) is 14.0 Å². The van der Waals surface area contributed by atoms with Crippen molar-refractivity contribution in [2.24, 2.45) is 0 Å². The summed E-state index contributed by atoms with van der Waals surface area (Å²) in [6.45, 7) is 0. The van der Waals surface area contributed by atoms with Gasteiger partial charge in [-0.3, -0.25) is 4.79 Å². The van der Waals surface area contributed by atoms with Crippen molar-refractivity contribution in [2.45, 2.75) is 18.8 Å². The third kappa shape index (κ3) is 1.76. The number of ether oxygens (including phenoxy) is 1. The second-order valence-electron chi connectivity index (χ2n) is 4.84. The predicted molar refractivity (Wildman–Crippen MR) is 70.0 cm³/mol. The number of aromatic carboxylic acids is 1. The first-order valence-electron chi connectivity index (χ1n) is 6.19. The van der Waals surface area contributed by atoms with Crippen molar-refractivity contribution in [3.05, 3.63) is 39.4 Å². The number of fused-ring (bicyclic) bond motifs is 1. The molecule has 0 unspecified atom stereocenters. The van der Waals surface area contributed by atoms with E-state index in [1.54, 1.807) is 0 Å². The average molecular weight is 277 g/mol. The van der Waals surface area contributed by atoms with Crippen LogP contribution in [-0.4, -0.2) is 23.2 Å². The van der Waals surface area contributed by atoms with Gasteiger partial charge in [0, 0.05) is 11.8 Å². The average Bonchev–Trinajstić information content (AvgIpc) is 3.22. The van der Waals surface area contributed by atoms with Gasteiger partial charge in [0.25, 0.3) is 0 Å². The van der Waals surface area contributed by atoms with E-state index in [2.05, 4.69) is 4.98 Å². The number of carboxylic acids is 1. The molecule has 0 radical (unpaired) electrons. The van der Waals surface area contributed by atoms with E-state index in [0.717, 1.165) is 25.1 Å². The molecule has 1 heterocycles. The first-order valence-corrected chi connectivity index (χ1v) is 6.19. The van der Waals surface area contributed by atoms with Crippen molar-refractivity contribution < 1.29 is 19.0 Å². The van der Waals surface area contributed by atoms with Crippen molar-refractivity contribution >= 4 is 16.9 Å². The lowest BCUT2D eigenvalue weighted by atomic mass is 10.0. The standard InChI is InChI=1S/C14H12FNO4/c1-20-13-10(6-2-3-6)9(15)4-7-11(13)16-5-8(12(7)17)14(18)19/h4-6H,2-3H2,1H3,(H,16,17)(H,18,19). The Hall–Kier alpha value is -2.37. The highest BCUT2D eigenvalue weighted by Crippen LogP contribution is 2.47. The van der Waals surface area contributed by atoms with Crippen molar-refractivity contribution in [3.63, 3.8) is 0 Å². The fraction of sp³-hybridized carbons (Fsp3) is 0.286. The summed E-state index contributed by atoms with van der Waals surface area (Å²) in [5.41, 5.74) is -0.339. The smallest absolute Gasteiger partial charge is 0.341 e. The topological polar surface area (TPSA) is 79.4 Å². The number of carboxylic acid groups (broad SMARTS) is 1. The normalized spacial score (nSPS) is 14.5. The van der Waals surface area contributed by atoms with E-state index in [4.69, 9.17) is 9.84 Å². The number of rotatable bonds is 3. The Kier molecular flexibility index (Phi) is 2.74. The molecular formula is C14H12FNO4. The Morgan fingerprint density at radius 1 is 1.50 bits per heavy atom. The fourth-order valence-electron chi connectivity index (χ4n) is 2.44. The van der Waals surface area contributed by atoms with Gasteiger partial charge in [0.05, 0.1) is 18.0 Å². The van der Waals surface area contributed by atoms with Gasteiger partial charge in [0.15, 0.2) is 0 Å². The van der Waals surface area contributed by atoms with Crippen LogP contribution >= 0.6 is 0 Å². The van der Waals surface area contributed by atoms with Gasteiger partial charge < -0.3 is 14.8 Å². The second-order valence-corrected chi connectivity index (χ2v) is 4.84. The molecule has 3 rings (SSSR count). The SMILES string of the molecule is COc1c(C2CC2)c(F)cc2c(=O)c(C(=O)O)c[nH]c12. The zero-order valence-electron chi connectivity index (χ0n) is 10.7. The number of pyridine rings is 1. The summed E-state index contributed by atoms with van der Waals surface area (Å²) in [5.74, 6) is -1.47. The van der Waals surface area contributed by atoms with E-state index < -0.39 is 22.8 Å². The number of aromatic amines is 1. The summed E-state index contributed by atoms with van der Waals surface area (Å²) in [5, 5.41) is 8.92. The van der Waals surface area contributed by atoms with Crippen LogP contribution in [-0.2, 0) is 0 Å². The zero-order chi connectivity index (χ0) is 14.4. The van der Waals surface area contributed by atoms with Crippen molar-refractivity contribution in [2.75, 3.05) is 7.11 Å². The predicted octanol–water partition coefficient (Wildman–Crippen LogP) is 2.25. The lowest BCUT2D eigenvalue weighted by Gasteiger charge is -2.12. The summed E-state index contributed by atoms with van der Waals surface area (Å²) in [6.07, 6.45) is 2.89. The number of aromatic nitrogens is 1. The van der Waals surface area contributed by atoms with Crippen LogP contribution in [0.15, 0.2) is 17.1 Å². The number of nitrogens with one attached hydrogen (secondary N) is 1. The number of H-pyrrole nitrogens is 1. The molecule has 0 atom stereocenters. The molecule has 1 aromatic carbocycles. The van der Waals surface area contributed by atoms with Crippen molar-refractivity contribution in [1.29, 1.82) is 0 Å². The van der Waals surface area contributed by atoms with Crippen LogP contribution in [0.5, 0.6) is 5.75 Å². The molecule has 1 aliphatic carbocycles. The highest BCUT2D eigenvalue weighted by molar-refractivity contribution is 5.94. The molecule has 0 saturated heterocycles. The Morgan fingerprint density at radius 2 is 2.20 bits per heavy atom. The van der Waals surface area contributed by atoms with Crippen molar-refractivity contribution in [1.82, 2.24) is 4.98 Å². The van der Waals surface area contributed by atoms with E-state index in [1.807, 2.05) is 0 Å². The lowest BCUT2D eigenvalue weighted by Crippen LogP contribution is -2.16. The number of methoxy groups -OCH3 is 1. The zero-order valence-corrected chi connectivity index (χ0v) is 10.7. The summed E-state index contributed by atoms with van der Waals surface area (Å²) in [6, 6.07) is 1.09. The van der Waals surface area contributed by atoms with Gasteiger partial charge in [0.2, 0.25) is 5.43 Å². The van der Waals surface area contributed by atoms with Crippen LogP contribution in [0.4, 0.5) is 4.39 Å². The maximum Gasteiger partial charge on any atom is 0.341 e. The minimum Gasteiger partial charge on any atom is -0.494 e. The third-order valence-electron chi connectivity index (χ3n) is 3.54. The summed E-state index contributed by atoms with van der Waals surface area (Å²) < 4.78 is 19.4. The second kappa shape index (κ2) is 4.33. The first kappa shape index (κ1) is 12.7. The highest BCUT2D eigenvalue weighted by atomic mass is 19.1. The Morgan fingerprint density at radius 3 is 2.75 bits per heavy atom. The number of carbonyl (C=O) groups is 1. The van der Waals surface area contributed by atoms with Crippen LogP contribution in [0, 0.1) is 5.82 Å². The Bertz CT molecular complexity index is 777. The van der Waals surface area contributed by atoms with Gasteiger partial charge in [-0.25, -0.2) is 9.18 Å². The molecule has 0 aliphatic heterocycles. The van der Waals surface area contributed by atoms with Gasteiger partial charge in [-0.2, -0.15) is 0 Å². The van der Waals surface area contributed by atoms with Crippen LogP contribution in [0.25, 0.3) is 10.9 Å². The van der Waals surface area contributed by atoms with E-state index in [0.29, 0.717) is 11.1 Å². The van der Waals surface area contributed by atoms with Crippen LogP contribution in [0.2, 0.25) is 0 Å². The van der Waals surface area contributed by atoms with E-state index in [-0.39, 0.29) is 17.1 Å². The number of hydrogen-bond acceptors (Lipinski definition) is 3. The number of hydrogen-bond donors (Lipinski definition) is 2. The molecule has 104 valence electrons. The van der Waals surface area contributed by atoms with Gasteiger partial charge in [-0.05, 0) is 24.8 Å². The summed E-state index contributed by atoms with van der Waals surface area (Å²) in [4.78, 5) is 25.7. The first-order chi connectivity index (χ1) is 9.54. The van der Waals surface area contributed by atoms with Gasteiger partial charge in [-0.1, -0.05) is 0 Å². The van der Waals surface area contributed by atoms with Gasteiger partial charge in [-0.15, -0.1) is 0 Å². The monoisotopic (exact) mass is 277 g/mol. The molecule has 0 amide bonds. The molecule has 0 bridgehead atoms. The maximum absolute atomic E-state index is 14.2. The third-order valence-corrected chi connectivity index (χ3v) is 3.54. The molecular weight excluding hydrogens is 265 g/mol. The lowest BCUT2D eigenvalue weighted by molar-refractivity contribution is 0.0695. The van der Waals surface area contributed by atoms with E-state index >= 15 is 0 Å². The van der Waals surface area contributed by atoms with Gasteiger partial charge >= 0.3 is 5.97 Å². The minimum absolute atomic E-state index is 0.0105. The molecule has 5 nitrogen and oxygen atoms in total. The summed E-state index contributed by atoms with van der Waals surface area (Å²) in [7, 11) is 1.41. The van der Waals surface area contributed by atoms with Crippen LogP contribution in [0.1, 0.15) is 34.7 Å². The molecule has 1 aromatic heterocycles. The molecule has 20 heavy (non-hydrogen) atoms. The van der Waals surface area contributed by atoms with Crippen LogP contribution < -0.4 is 10.2 Å². The molecule has 1 aliphatic rings. The van der Waals surface area contributed by atoms with Gasteiger partial charge in [0.1, 0.15) is 17.1 Å². The highest BCUT2D eigenvalue weighted by Gasteiger charge is 2.32. The molecule has 2 N–H and O–H groups in total. The van der Waals surface area contributed by atoms with E-state index in [1.165, 1.54) is 7.11 Å².